The number of carboxylic acids is 1. The molecule has 0 bridgehead atoms. The Morgan fingerprint density at radius 2 is 1.88 bits per heavy atom. The van der Waals surface area contributed by atoms with Gasteiger partial charge < -0.3 is 20.1 Å². The van der Waals surface area contributed by atoms with Gasteiger partial charge in [0, 0.05) is 25.1 Å². The average Bonchev–Trinajstić information content (AvgIpc) is 2.76. The lowest BCUT2D eigenvalue weighted by Crippen LogP contribution is -2.45. The highest BCUT2D eigenvalue weighted by Crippen LogP contribution is 2.34. The van der Waals surface area contributed by atoms with Crippen LogP contribution in [0.3, 0.4) is 0 Å². The van der Waals surface area contributed by atoms with E-state index < -0.39 is 26.0 Å². The fourth-order valence-electron chi connectivity index (χ4n) is 4.23. The van der Waals surface area contributed by atoms with Crippen molar-refractivity contribution in [3.63, 3.8) is 0 Å². The van der Waals surface area contributed by atoms with Crippen molar-refractivity contribution in [2.45, 2.75) is 51.4 Å². The Kier molecular flexibility index (Phi) is 7.76. The molecule has 2 N–H and O–H groups in total. The third-order valence-electron chi connectivity index (χ3n) is 5.97. The quantitative estimate of drug-likeness (QED) is 0.555. The van der Waals surface area contributed by atoms with Crippen molar-refractivity contribution in [2.75, 3.05) is 19.0 Å². The topological polar surface area (TPSA) is 95.9 Å². The van der Waals surface area contributed by atoms with Crippen molar-refractivity contribution in [2.24, 2.45) is 0 Å². The zero-order valence-electron chi connectivity index (χ0n) is 20.0. The van der Waals surface area contributed by atoms with Crippen molar-refractivity contribution in [3.05, 3.63) is 53.3 Å². The fourth-order valence-corrected chi connectivity index (χ4v) is 5.60. The summed E-state index contributed by atoms with van der Waals surface area (Å²) in [5.41, 5.74) is 1.90. The number of rotatable bonds is 8. The van der Waals surface area contributed by atoms with Crippen LogP contribution in [0.25, 0.3) is 0 Å². The van der Waals surface area contributed by atoms with Gasteiger partial charge in [0.25, 0.3) is 5.91 Å². The highest BCUT2D eigenvalue weighted by Gasteiger charge is 2.36. The summed E-state index contributed by atoms with van der Waals surface area (Å²) >= 11 is 0. The number of hydrogen-bond acceptors (Lipinski definition) is 4. The molecule has 0 saturated carbocycles. The van der Waals surface area contributed by atoms with Crippen LogP contribution in [-0.4, -0.2) is 49.5 Å². The second-order valence-corrected chi connectivity index (χ2v) is 14.5. The number of nitrogens with one attached hydrogen (secondary N) is 1. The van der Waals surface area contributed by atoms with Crippen molar-refractivity contribution in [3.8, 4) is 5.75 Å². The first-order valence-corrected chi connectivity index (χ1v) is 14.8. The Balaban J connectivity index is 1.89. The molecular weight excluding hydrogens is 455 g/mol. The molecule has 2 aromatic rings. The van der Waals surface area contributed by atoms with Gasteiger partial charge in [-0.25, -0.2) is 4.39 Å². The third kappa shape index (κ3) is 5.83. The monoisotopic (exact) mass is 486 g/mol. The Morgan fingerprint density at radius 1 is 1.15 bits per heavy atom. The molecule has 1 atom stereocenters. The molecule has 0 fully saturated rings. The predicted molar refractivity (Wildman–Crippen MR) is 131 cm³/mol. The van der Waals surface area contributed by atoms with Gasteiger partial charge in [-0.3, -0.25) is 14.4 Å². The lowest BCUT2D eigenvalue weighted by atomic mass is 9.91. The van der Waals surface area contributed by atoms with Crippen LogP contribution in [0.5, 0.6) is 5.75 Å². The van der Waals surface area contributed by atoms with E-state index in [1.165, 1.54) is 11.0 Å². The van der Waals surface area contributed by atoms with Crippen LogP contribution in [0.4, 0.5) is 10.1 Å². The zero-order valence-corrected chi connectivity index (χ0v) is 21.0. The molecule has 7 nitrogen and oxygen atoms in total. The van der Waals surface area contributed by atoms with Gasteiger partial charge in [0.2, 0.25) is 5.91 Å². The number of amides is 2. The standard InChI is InChI=1S/C25H31FN2O5Si/c1-33-18-9-10-19-16(14-18)12-13-28(22(29)6-5-7-23(30)31)24(19)25(32)27-17-8-11-21(20(26)15-17)34(2,3)4/h8-11,14-15,24H,5-7,12-13H2,1-4H3,(H,27,32)(H,30,31). The first-order valence-electron chi connectivity index (χ1n) is 11.3. The van der Waals surface area contributed by atoms with E-state index in [4.69, 9.17) is 9.84 Å². The summed E-state index contributed by atoms with van der Waals surface area (Å²) in [6.07, 6.45) is 0.645. The summed E-state index contributed by atoms with van der Waals surface area (Å²) < 4.78 is 20.0. The third-order valence-corrected chi connectivity index (χ3v) is 7.99. The van der Waals surface area contributed by atoms with E-state index in [-0.39, 0.29) is 31.0 Å². The number of carbonyl (C=O) groups excluding carboxylic acids is 2. The minimum Gasteiger partial charge on any atom is -0.497 e. The molecule has 2 aromatic carbocycles. The van der Waals surface area contributed by atoms with Crippen LogP contribution >= 0.6 is 0 Å². The maximum absolute atomic E-state index is 14.7. The highest BCUT2D eigenvalue weighted by molar-refractivity contribution is 6.88. The number of ether oxygens (including phenoxy) is 1. The average molecular weight is 487 g/mol. The second-order valence-electron chi connectivity index (χ2n) is 9.49. The predicted octanol–water partition coefficient (Wildman–Crippen LogP) is 3.70. The summed E-state index contributed by atoms with van der Waals surface area (Å²) in [6, 6.07) is 9.17. The van der Waals surface area contributed by atoms with E-state index in [0.29, 0.717) is 35.2 Å². The number of nitrogens with zero attached hydrogens (tertiary/aromatic N) is 1. The van der Waals surface area contributed by atoms with E-state index in [0.717, 1.165) is 5.56 Å². The Labute approximate surface area is 199 Å². The molecule has 1 aliphatic heterocycles. The highest BCUT2D eigenvalue weighted by atomic mass is 28.3. The van der Waals surface area contributed by atoms with Crippen molar-refractivity contribution in [1.29, 1.82) is 0 Å². The van der Waals surface area contributed by atoms with Gasteiger partial charge >= 0.3 is 5.97 Å². The molecule has 0 radical (unpaired) electrons. The molecule has 1 heterocycles. The molecule has 1 aliphatic rings. The van der Waals surface area contributed by atoms with Crippen LogP contribution in [0, 0.1) is 5.82 Å². The van der Waals surface area contributed by atoms with E-state index in [1.54, 1.807) is 31.4 Å². The number of fused-ring (bicyclic) bond motifs is 1. The number of carbonyl (C=O) groups is 3. The summed E-state index contributed by atoms with van der Waals surface area (Å²) in [5, 5.41) is 12.3. The molecule has 0 spiro atoms. The normalized spacial score (nSPS) is 15.4. The van der Waals surface area contributed by atoms with Crippen molar-refractivity contribution >= 4 is 36.7 Å². The van der Waals surface area contributed by atoms with Crippen LogP contribution in [-0.2, 0) is 20.8 Å². The lowest BCUT2D eigenvalue weighted by Gasteiger charge is -2.36. The summed E-state index contributed by atoms with van der Waals surface area (Å²) in [5.74, 6) is -1.40. The number of benzene rings is 2. The van der Waals surface area contributed by atoms with Crippen LogP contribution < -0.4 is 15.2 Å². The van der Waals surface area contributed by atoms with Gasteiger partial charge in [0.15, 0.2) is 0 Å². The van der Waals surface area contributed by atoms with Gasteiger partial charge in [-0.05, 0) is 53.4 Å². The Bertz CT molecular complexity index is 1100. The molecule has 0 aromatic heterocycles. The van der Waals surface area contributed by atoms with Gasteiger partial charge in [0.1, 0.15) is 17.6 Å². The molecule has 2 amide bonds. The van der Waals surface area contributed by atoms with Crippen LogP contribution in [0.2, 0.25) is 19.6 Å². The van der Waals surface area contributed by atoms with Gasteiger partial charge in [-0.15, -0.1) is 0 Å². The number of halogens is 1. The molecule has 182 valence electrons. The number of hydrogen-bond donors (Lipinski definition) is 2. The number of carboxylic acid groups (broad SMARTS) is 1. The summed E-state index contributed by atoms with van der Waals surface area (Å²) in [7, 11) is -0.309. The molecule has 34 heavy (non-hydrogen) atoms. The maximum Gasteiger partial charge on any atom is 0.303 e. The number of anilines is 1. The smallest absolute Gasteiger partial charge is 0.303 e. The largest absolute Gasteiger partial charge is 0.497 e. The first kappa shape index (κ1) is 25.4. The van der Waals surface area contributed by atoms with Gasteiger partial charge in [-0.1, -0.05) is 31.8 Å². The second kappa shape index (κ2) is 10.4. The van der Waals surface area contributed by atoms with Gasteiger partial charge in [-0.2, -0.15) is 0 Å². The lowest BCUT2D eigenvalue weighted by molar-refractivity contribution is -0.140. The molecule has 1 unspecified atom stereocenters. The minimum absolute atomic E-state index is 0.0289. The Morgan fingerprint density at radius 3 is 2.50 bits per heavy atom. The molecular formula is C25H31FN2O5Si. The minimum atomic E-state index is -1.87. The fraction of sp³-hybridized carbons (Fsp3) is 0.400. The SMILES string of the molecule is COc1ccc2c(c1)CCN(C(=O)CCCC(=O)O)C2C(=O)Nc1ccc([Si](C)(C)C)c(F)c1. The van der Waals surface area contributed by atoms with Crippen molar-refractivity contribution < 1.29 is 28.6 Å². The molecule has 0 aliphatic carbocycles. The van der Waals surface area contributed by atoms with Gasteiger partial charge in [0.05, 0.1) is 15.2 Å². The molecule has 0 saturated heterocycles. The Hall–Kier alpha value is -3.20. The van der Waals surface area contributed by atoms with E-state index in [2.05, 4.69) is 5.32 Å². The van der Waals surface area contributed by atoms with Crippen molar-refractivity contribution in [1.82, 2.24) is 4.90 Å². The first-order chi connectivity index (χ1) is 16.0. The zero-order chi connectivity index (χ0) is 25.0. The molecule has 9 heteroatoms. The van der Waals surface area contributed by atoms with Crippen LogP contribution in [0.1, 0.15) is 36.4 Å². The van der Waals surface area contributed by atoms with E-state index in [9.17, 15) is 18.8 Å². The van der Waals surface area contributed by atoms with E-state index >= 15 is 0 Å². The molecule has 3 rings (SSSR count). The van der Waals surface area contributed by atoms with E-state index in [1.807, 2.05) is 25.7 Å². The summed E-state index contributed by atoms with van der Waals surface area (Å²) in [6.45, 7) is 6.45. The number of aliphatic carboxylic acids is 1. The summed E-state index contributed by atoms with van der Waals surface area (Å²) in [4.78, 5) is 38.7. The van der Waals surface area contributed by atoms with Crippen LogP contribution in [0.15, 0.2) is 36.4 Å². The maximum atomic E-state index is 14.7. The number of methoxy groups -OCH3 is 1.